The number of hydrogen-bond donors (Lipinski definition) is 0. The van der Waals surface area contributed by atoms with Gasteiger partial charge in [0.15, 0.2) is 0 Å². The first-order chi connectivity index (χ1) is 26.7. The average Bonchev–Trinajstić information content (AvgIpc) is 3.79. The van der Waals surface area contributed by atoms with E-state index in [1.807, 2.05) is 22.7 Å². The second-order valence-electron chi connectivity index (χ2n) is 14.4. The van der Waals surface area contributed by atoms with Gasteiger partial charge in [-0.25, -0.2) is 0 Å². The predicted molar refractivity (Wildman–Crippen MR) is 239 cm³/mol. The summed E-state index contributed by atoms with van der Waals surface area (Å²) in [5.41, 5.74) is 7.57. The highest BCUT2D eigenvalue weighted by atomic mass is 32.1. The molecular formula is C52H30S2. The zero-order chi connectivity index (χ0) is 35.3. The van der Waals surface area contributed by atoms with Crippen LogP contribution >= 0.6 is 22.7 Å². The number of fused-ring (bicyclic) bond motifs is 11. The van der Waals surface area contributed by atoms with Crippen LogP contribution in [0, 0.1) is 0 Å². The molecule has 0 atom stereocenters. The van der Waals surface area contributed by atoms with Gasteiger partial charge in [0.25, 0.3) is 0 Å². The van der Waals surface area contributed by atoms with Gasteiger partial charge in [-0.1, -0.05) is 133 Å². The third-order valence-electron chi connectivity index (χ3n) is 11.4. The molecule has 0 saturated carbocycles. The average molecular weight is 719 g/mol. The van der Waals surface area contributed by atoms with Crippen LogP contribution in [0.3, 0.4) is 0 Å². The SMILES string of the molecule is c1ccc(-c2ccc3cc(-c4c5ccccc5c(-c5ccc6sc7cc8ccc9sc%10ccccc%10c9c8cc7c6c5)c5ccccc45)ccc3c2)cc1. The van der Waals surface area contributed by atoms with Crippen LogP contribution in [0.4, 0.5) is 0 Å². The summed E-state index contributed by atoms with van der Waals surface area (Å²) >= 11 is 3.79. The van der Waals surface area contributed by atoms with Crippen molar-refractivity contribution in [3.63, 3.8) is 0 Å². The van der Waals surface area contributed by atoms with Gasteiger partial charge in [-0.15, -0.1) is 22.7 Å². The highest BCUT2D eigenvalue weighted by molar-refractivity contribution is 7.26. The molecule has 0 saturated heterocycles. The highest BCUT2D eigenvalue weighted by Gasteiger charge is 2.19. The second kappa shape index (κ2) is 11.6. The number of hydrogen-bond acceptors (Lipinski definition) is 2. The summed E-state index contributed by atoms with van der Waals surface area (Å²) in [7, 11) is 0. The van der Waals surface area contributed by atoms with Gasteiger partial charge in [-0.3, -0.25) is 0 Å². The lowest BCUT2D eigenvalue weighted by molar-refractivity contribution is 1.64. The first-order valence-electron chi connectivity index (χ1n) is 18.5. The largest absolute Gasteiger partial charge is 0.135 e. The molecule has 0 amide bonds. The third kappa shape index (κ3) is 4.48. The summed E-state index contributed by atoms with van der Waals surface area (Å²) in [5.74, 6) is 0. The Bertz CT molecular complexity index is 3430. The van der Waals surface area contributed by atoms with E-state index in [0.29, 0.717) is 0 Å². The van der Waals surface area contributed by atoms with Crippen molar-refractivity contribution in [3.05, 3.63) is 182 Å². The minimum atomic E-state index is 1.24. The van der Waals surface area contributed by atoms with Crippen LogP contribution in [-0.2, 0) is 0 Å². The smallest absolute Gasteiger partial charge is 0.0361 e. The molecule has 12 rings (SSSR count). The molecule has 2 heteroatoms. The van der Waals surface area contributed by atoms with Crippen molar-refractivity contribution in [1.29, 1.82) is 0 Å². The van der Waals surface area contributed by atoms with Crippen LogP contribution in [-0.4, -0.2) is 0 Å². The maximum atomic E-state index is 2.47. The lowest BCUT2D eigenvalue weighted by Crippen LogP contribution is -1.91. The van der Waals surface area contributed by atoms with E-state index in [9.17, 15) is 0 Å². The van der Waals surface area contributed by atoms with Gasteiger partial charge in [0.2, 0.25) is 0 Å². The fraction of sp³-hybridized carbons (Fsp3) is 0. The molecule has 0 radical (unpaired) electrons. The normalized spacial score (nSPS) is 12.1. The summed E-state index contributed by atoms with van der Waals surface area (Å²) < 4.78 is 5.36. The minimum Gasteiger partial charge on any atom is -0.135 e. The van der Waals surface area contributed by atoms with Gasteiger partial charge < -0.3 is 0 Å². The Morgan fingerprint density at radius 2 is 0.741 bits per heavy atom. The van der Waals surface area contributed by atoms with Crippen LogP contribution in [0.15, 0.2) is 182 Å². The van der Waals surface area contributed by atoms with Crippen LogP contribution < -0.4 is 0 Å². The maximum absolute atomic E-state index is 2.47. The highest BCUT2D eigenvalue weighted by Crippen LogP contribution is 2.47. The Morgan fingerprint density at radius 3 is 1.46 bits per heavy atom. The molecule has 0 unspecified atom stereocenters. The summed E-state index contributed by atoms with van der Waals surface area (Å²) in [6, 6.07) is 67.9. The first kappa shape index (κ1) is 30.2. The molecule has 2 heterocycles. The van der Waals surface area contributed by atoms with E-state index in [1.54, 1.807) is 0 Å². The summed E-state index contributed by atoms with van der Waals surface area (Å²) in [5, 5.41) is 15.7. The Balaban J connectivity index is 1.07. The lowest BCUT2D eigenvalue weighted by Gasteiger charge is -2.18. The van der Waals surface area contributed by atoms with Crippen molar-refractivity contribution in [3.8, 4) is 33.4 Å². The third-order valence-corrected chi connectivity index (χ3v) is 13.7. The molecule has 0 bridgehead atoms. The van der Waals surface area contributed by atoms with Gasteiger partial charge in [-0.2, -0.15) is 0 Å². The van der Waals surface area contributed by atoms with Gasteiger partial charge in [0.05, 0.1) is 0 Å². The van der Waals surface area contributed by atoms with Gasteiger partial charge in [0, 0.05) is 40.3 Å². The molecule has 54 heavy (non-hydrogen) atoms. The Kier molecular flexibility index (Phi) is 6.48. The molecule has 12 aromatic rings. The van der Waals surface area contributed by atoms with E-state index < -0.39 is 0 Å². The maximum Gasteiger partial charge on any atom is 0.0361 e. The van der Waals surface area contributed by atoms with Gasteiger partial charge in [-0.05, 0) is 125 Å². The van der Waals surface area contributed by atoms with Crippen molar-refractivity contribution in [2.24, 2.45) is 0 Å². The standard InChI is InChI=1S/C52H30S2/c1-2-10-31(11-3-1)32-18-19-34-27-36(21-20-33(34)26-32)50-38-12-4-6-14-40(38)51(41-15-7-5-13-39(41)50)37-23-24-47-44(28-37)45-30-43-35(29-49(45)54-47)22-25-48-52(43)42-16-8-9-17-46(42)53-48/h1-30H. The van der Waals surface area contributed by atoms with Gasteiger partial charge in [0.1, 0.15) is 0 Å². The Labute approximate surface area is 319 Å². The fourth-order valence-electron chi connectivity index (χ4n) is 8.94. The van der Waals surface area contributed by atoms with E-state index >= 15 is 0 Å². The molecular weight excluding hydrogens is 689 g/mol. The number of rotatable bonds is 3. The van der Waals surface area contributed by atoms with Crippen molar-refractivity contribution >= 4 is 106 Å². The van der Waals surface area contributed by atoms with Gasteiger partial charge >= 0.3 is 0 Å². The van der Waals surface area contributed by atoms with Crippen molar-refractivity contribution in [2.75, 3.05) is 0 Å². The van der Waals surface area contributed by atoms with Crippen molar-refractivity contribution in [2.45, 2.75) is 0 Å². The number of thiophene rings is 2. The monoisotopic (exact) mass is 718 g/mol. The zero-order valence-corrected chi connectivity index (χ0v) is 30.8. The predicted octanol–water partition coefficient (Wildman–Crippen LogP) is 16.0. The molecule has 2 aromatic heterocycles. The molecule has 0 aliphatic carbocycles. The van der Waals surface area contributed by atoms with Crippen molar-refractivity contribution < 1.29 is 0 Å². The summed E-state index contributed by atoms with van der Waals surface area (Å²) in [6.07, 6.45) is 0. The molecule has 0 spiro atoms. The molecule has 10 aromatic carbocycles. The molecule has 0 N–H and O–H groups in total. The quantitative estimate of drug-likeness (QED) is 0.160. The summed E-state index contributed by atoms with van der Waals surface area (Å²) in [4.78, 5) is 0. The van der Waals surface area contributed by atoms with E-state index in [0.717, 1.165) is 0 Å². The number of benzene rings is 10. The van der Waals surface area contributed by atoms with E-state index in [4.69, 9.17) is 0 Å². The van der Waals surface area contributed by atoms with E-state index in [-0.39, 0.29) is 0 Å². The van der Waals surface area contributed by atoms with Crippen LogP contribution in [0.1, 0.15) is 0 Å². The zero-order valence-electron chi connectivity index (χ0n) is 29.1. The first-order valence-corrected chi connectivity index (χ1v) is 20.1. The Hall–Kier alpha value is -6.32. The molecule has 0 nitrogen and oxygen atoms in total. The molecule has 0 aliphatic heterocycles. The second-order valence-corrected chi connectivity index (χ2v) is 16.6. The molecule has 0 aliphatic rings. The topological polar surface area (TPSA) is 0 Å². The van der Waals surface area contributed by atoms with Crippen LogP contribution in [0.2, 0.25) is 0 Å². The molecule has 250 valence electrons. The van der Waals surface area contributed by atoms with Crippen LogP contribution in [0.25, 0.3) is 117 Å². The van der Waals surface area contributed by atoms with Crippen molar-refractivity contribution in [1.82, 2.24) is 0 Å². The molecule has 0 fully saturated rings. The summed E-state index contributed by atoms with van der Waals surface area (Å²) in [6.45, 7) is 0. The van der Waals surface area contributed by atoms with E-state index in [2.05, 4.69) is 182 Å². The van der Waals surface area contributed by atoms with Crippen LogP contribution in [0.5, 0.6) is 0 Å². The minimum absolute atomic E-state index is 1.24. The Morgan fingerprint density at radius 1 is 0.241 bits per heavy atom. The van der Waals surface area contributed by atoms with E-state index in [1.165, 1.54) is 117 Å². The lowest BCUT2D eigenvalue weighted by atomic mass is 9.85. The fourth-order valence-corrected chi connectivity index (χ4v) is 11.2.